The van der Waals surface area contributed by atoms with Gasteiger partial charge in [0.1, 0.15) is 5.82 Å². The van der Waals surface area contributed by atoms with Crippen LogP contribution in [0.5, 0.6) is 0 Å². The molecule has 0 unspecified atom stereocenters. The number of carboxylic acids is 1. The Morgan fingerprint density at radius 3 is 2.65 bits per heavy atom. The standard InChI is InChI=1S/C12H11FN4O3/c13-9-3-1-8(2-4-9)5-11(18)15-10-6-14-17(16-10)7-12(19)20/h1-4,6H,5,7H2,(H,19,20)(H,15,16,18). The minimum absolute atomic E-state index is 0.0616. The summed E-state index contributed by atoms with van der Waals surface area (Å²) in [5.41, 5.74) is 0.654. The van der Waals surface area contributed by atoms with Crippen LogP contribution in [0, 0.1) is 5.82 Å². The molecule has 1 aromatic heterocycles. The van der Waals surface area contributed by atoms with Gasteiger partial charge in [-0.15, -0.1) is 5.10 Å². The monoisotopic (exact) mass is 278 g/mol. The molecule has 0 aliphatic carbocycles. The fourth-order valence-corrected chi connectivity index (χ4v) is 1.53. The van der Waals surface area contributed by atoms with Crippen molar-refractivity contribution >= 4 is 17.7 Å². The Morgan fingerprint density at radius 2 is 2.00 bits per heavy atom. The Labute approximate surface area is 113 Å². The number of anilines is 1. The zero-order chi connectivity index (χ0) is 14.5. The predicted molar refractivity (Wildman–Crippen MR) is 66.4 cm³/mol. The highest BCUT2D eigenvalue weighted by atomic mass is 19.1. The molecule has 0 aliphatic heterocycles. The second-order valence-corrected chi connectivity index (χ2v) is 4.01. The van der Waals surface area contributed by atoms with Crippen LogP contribution in [-0.4, -0.2) is 32.0 Å². The molecule has 0 saturated carbocycles. The highest BCUT2D eigenvalue weighted by Crippen LogP contribution is 2.05. The molecule has 20 heavy (non-hydrogen) atoms. The predicted octanol–water partition coefficient (Wildman–Crippen LogP) is 0.683. The molecule has 1 amide bonds. The summed E-state index contributed by atoms with van der Waals surface area (Å²) in [6.45, 7) is -0.381. The van der Waals surface area contributed by atoms with Gasteiger partial charge in [-0.25, -0.2) is 4.39 Å². The number of benzene rings is 1. The highest BCUT2D eigenvalue weighted by molar-refractivity contribution is 5.91. The highest BCUT2D eigenvalue weighted by Gasteiger charge is 2.08. The van der Waals surface area contributed by atoms with Gasteiger partial charge in [-0.3, -0.25) is 9.59 Å². The van der Waals surface area contributed by atoms with E-state index in [9.17, 15) is 14.0 Å². The van der Waals surface area contributed by atoms with Gasteiger partial charge in [-0.1, -0.05) is 12.1 Å². The number of nitrogens with one attached hydrogen (secondary N) is 1. The van der Waals surface area contributed by atoms with Crippen LogP contribution >= 0.6 is 0 Å². The van der Waals surface area contributed by atoms with E-state index in [4.69, 9.17) is 5.11 Å². The first-order chi connectivity index (χ1) is 9.52. The maximum atomic E-state index is 12.7. The van der Waals surface area contributed by atoms with E-state index >= 15 is 0 Å². The molecular formula is C12H11FN4O3. The number of aromatic nitrogens is 3. The number of carbonyl (C=O) groups excluding carboxylic acids is 1. The Bertz CT molecular complexity index is 624. The van der Waals surface area contributed by atoms with E-state index in [0.29, 0.717) is 5.56 Å². The van der Waals surface area contributed by atoms with Crippen LogP contribution in [0.25, 0.3) is 0 Å². The number of nitrogens with zero attached hydrogens (tertiary/aromatic N) is 3. The van der Waals surface area contributed by atoms with Crippen molar-refractivity contribution in [3.63, 3.8) is 0 Å². The topological polar surface area (TPSA) is 97.1 Å². The Morgan fingerprint density at radius 1 is 1.30 bits per heavy atom. The van der Waals surface area contributed by atoms with Crippen molar-refractivity contribution in [2.75, 3.05) is 5.32 Å². The van der Waals surface area contributed by atoms with Crippen molar-refractivity contribution < 1.29 is 19.1 Å². The Kier molecular flexibility index (Phi) is 4.04. The number of amides is 1. The lowest BCUT2D eigenvalue weighted by molar-refractivity contribution is -0.138. The molecule has 0 fully saturated rings. The summed E-state index contributed by atoms with van der Waals surface area (Å²) in [7, 11) is 0. The van der Waals surface area contributed by atoms with Crippen LogP contribution in [0.15, 0.2) is 30.5 Å². The molecule has 2 aromatic rings. The average molecular weight is 278 g/mol. The third-order valence-corrected chi connectivity index (χ3v) is 2.36. The lowest BCUT2D eigenvalue weighted by Gasteiger charge is -2.01. The van der Waals surface area contributed by atoms with Gasteiger partial charge in [-0.05, 0) is 17.7 Å². The van der Waals surface area contributed by atoms with Gasteiger partial charge in [0.15, 0.2) is 12.4 Å². The quantitative estimate of drug-likeness (QED) is 0.838. The van der Waals surface area contributed by atoms with Crippen LogP contribution in [-0.2, 0) is 22.6 Å². The number of carboxylic acid groups (broad SMARTS) is 1. The van der Waals surface area contributed by atoms with E-state index in [2.05, 4.69) is 15.5 Å². The molecule has 0 bridgehead atoms. The van der Waals surface area contributed by atoms with Crippen molar-refractivity contribution in [1.82, 2.24) is 15.0 Å². The number of hydrogen-bond acceptors (Lipinski definition) is 4. The van der Waals surface area contributed by atoms with Crippen molar-refractivity contribution in [3.05, 3.63) is 41.8 Å². The molecule has 2 rings (SSSR count). The zero-order valence-electron chi connectivity index (χ0n) is 10.3. The Hall–Kier alpha value is -2.77. The lowest BCUT2D eigenvalue weighted by Crippen LogP contribution is -2.16. The van der Waals surface area contributed by atoms with E-state index in [1.807, 2.05) is 0 Å². The van der Waals surface area contributed by atoms with Crippen molar-refractivity contribution in [1.29, 1.82) is 0 Å². The lowest BCUT2D eigenvalue weighted by atomic mass is 10.1. The largest absolute Gasteiger partial charge is 0.480 e. The number of rotatable bonds is 5. The summed E-state index contributed by atoms with van der Waals surface area (Å²) < 4.78 is 12.7. The van der Waals surface area contributed by atoms with E-state index in [1.165, 1.54) is 30.5 Å². The third kappa shape index (κ3) is 3.87. The van der Waals surface area contributed by atoms with E-state index < -0.39 is 5.97 Å². The van der Waals surface area contributed by atoms with Gasteiger partial charge in [0, 0.05) is 0 Å². The summed E-state index contributed by atoms with van der Waals surface area (Å²) in [5, 5.41) is 18.5. The van der Waals surface area contributed by atoms with Crippen LogP contribution in [0.3, 0.4) is 0 Å². The fourth-order valence-electron chi connectivity index (χ4n) is 1.53. The number of carbonyl (C=O) groups is 2. The molecule has 0 aliphatic rings. The molecule has 1 aromatic carbocycles. The molecule has 0 spiro atoms. The second kappa shape index (κ2) is 5.91. The van der Waals surface area contributed by atoms with Gasteiger partial charge in [0.2, 0.25) is 5.91 Å². The third-order valence-electron chi connectivity index (χ3n) is 2.36. The van der Waals surface area contributed by atoms with E-state index in [-0.39, 0.29) is 30.5 Å². The van der Waals surface area contributed by atoms with Crippen LogP contribution in [0.2, 0.25) is 0 Å². The van der Waals surface area contributed by atoms with Crippen molar-refractivity contribution in [3.8, 4) is 0 Å². The van der Waals surface area contributed by atoms with Gasteiger partial charge < -0.3 is 10.4 Å². The summed E-state index contributed by atoms with van der Waals surface area (Å²) in [6, 6.07) is 5.56. The van der Waals surface area contributed by atoms with Gasteiger partial charge in [0.05, 0.1) is 12.6 Å². The van der Waals surface area contributed by atoms with Crippen molar-refractivity contribution in [2.24, 2.45) is 0 Å². The molecule has 1 heterocycles. The zero-order valence-corrected chi connectivity index (χ0v) is 10.3. The molecule has 0 radical (unpaired) electrons. The number of aliphatic carboxylic acids is 1. The van der Waals surface area contributed by atoms with Crippen molar-refractivity contribution in [2.45, 2.75) is 13.0 Å². The molecule has 0 atom stereocenters. The first-order valence-corrected chi connectivity index (χ1v) is 5.69. The molecule has 8 heteroatoms. The molecule has 2 N–H and O–H groups in total. The van der Waals surface area contributed by atoms with Crippen LogP contribution in [0.4, 0.5) is 10.2 Å². The minimum Gasteiger partial charge on any atom is -0.480 e. The minimum atomic E-state index is -1.08. The molecule has 104 valence electrons. The second-order valence-electron chi connectivity index (χ2n) is 4.01. The summed E-state index contributed by atoms with van der Waals surface area (Å²) in [6.07, 6.45) is 1.32. The first kappa shape index (κ1) is 13.7. The SMILES string of the molecule is O=C(O)Cn1ncc(NC(=O)Cc2ccc(F)cc2)n1. The van der Waals surface area contributed by atoms with E-state index in [0.717, 1.165) is 4.80 Å². The first-order valence-electron chi connectivity index (χ1n) is 5.69. The number of halogens is 1. The van der Waals surface area contributed by atoms with Crippen LogP contribution < -0.4 is 5.32 Å². The molecular weight excluding hydrogens is 267 g/mol. The smallest absolute Gasteiger partial charge is 0.327 e. The summed E-state index contributed by atoms with van der Waals surface area (Å²) in [4.78, 5) is 23.1. The summed E-state index contributed by atoms with van der Waals surface area (Å²) in [5.74, 6) is -1.63. The van der Waals surface area contributed by atoms with Gasteiger partial charge >= 0.3 is 5.97 Å². The maximum absolute atomic E-state index is 12.7. The molecule has 7 nitrogen and oxygen atoms in total. The number of hydrogen-bond donors (Lipinski definition) is 2. The van der Waals surface area contributed by atoms with E-state index in [1.54, 1.807) is 0 Å². The summed E-state index contributed by atoms with van der Waals surface area (Å²) >= 11 is 0. The Balaban J connectivity index is 1.92. The van der Waals surface area contributed by atoms with Gasteiger partial charge in [-0.2, -0.15) is 9.90 Å². The van der Waals surface area contributed by atoms with Crippen LogP contribution in [0.1, 0.15) is 5.56 Å². The normalized spacial score (nSPS) is 10.2. The van der Waals surface area contributed by atoms with Gasteiger partial charge in [0.25, 0.3) is 0 Å². The maximum Gasteiger partial charge on any atom is 0.327 e. The fraction of sp³-hybridized carbons (Fsp3) is 0.167. The molecule has 0 saturated heterocycles. The average Bonchev–Trinajstić information content (AvgIpc) is 2.78.